The third-order valence-electron chi connectivity index (χ3n) is 2.76. The number of nitrogens with one attached hydrogen (secondary N) is 2. The van der Waals surface area contributed by atoms with Gasteiger partial charge in [-0.05, 0) is 26.1 Å². The van der Waals surface area contributed by atoms with Crippen LogP contribution in [0.3, 0.4) is 0 Å². The number of fused-ring (bicyclic) bond motifs is 1. The number of H-pyrrole nitrogens is 1. The maximum Gasteiger partial charge on any atom is 0.189 e. The van der Waals surface area contributed by atoms with Crippen molar-refractivity contribution in [3.8, 4) is 5.75 Å². The molecule has 16 heavy (non-hydrogen) atoms. The molecule has 0 unspecified atom stereocenters. The van der Waals surface area contributed by atoms with Crippen LogP contribution in [0.5, 0.6) is 5.75 Å². The van der Waals surface area contributed by atoms with Crippen LogP contribution in [0, 0.1) is 0 Å². The minimum Gasteiger partial charge on any atom is -0.506 e. The fraction of sp³-hybridized carbons (Fsp3) is 0.250. The first kappa shape index (κ1) is 10.7. The van der Waals surface area contributed by atoms with Crippen molar-refractivity contribution >= 4 is 10.9 Å². The van der Waals surface area contributed by atoms with E-state index < -0.39 is 0 Å². The number of aromatic amines is 1. The predicted molar refractivity (Wildman–Crippen MR) is 63.7 cm³/mol. The van der Waals surface area contributed by atoms with Crippen molar-refractivity contribution in [1.82, 2.24) is 10.3 Å². The summed E-state index contributed by atoms with van der Waals surface area (Å²) in [6.07, 6.45) is 0. The molecule has 0 saturated heterocycles. The molecular weight excluding hydrogens is 204 g/mol. The topological polar surface area (TPSA) is 65.1 Å². The fourth-order valence-corrected chi connectivity index (χ4v) is 1.66. The number of phenolic OH excluding ortho intramolecular Hbond substituents is 1. The zero-order chi connectivity index (χ0) is 11.7. The summed E-state index contributed by atoms with van der Waals surface area (Å²) in [5.74, 6) is 0.0970. The maximum atomic E-state index is 11.8. The Balaban J connectivity index is 2.75. The lowest BCUT2D eigenvalue weighted by Crippen LogP contribution is -2.16. The average molecular weight is 218 g/mol. The van der Waals surface area contributed by atoms with Gasteiger partial charge in [-0.3, -0.25) is 4.79 Å². The van der Waals surface area contributed by atoms with E-state index in [0.29, 0.717) is 10.9 Å². The van der Waals surface area contributed by atoms with E-state index in [4.69, 9.17) is 0 Å². The van der Waals surface area contributed by atoms with Gasteiger partial charge in [-0.15, -0.1) is 0 Å². The summed E-state index contributed by atoms with van der Waals surface area (Å²) >= 11 is 0. The Morgan fingerprint density at radius 3 is 2.88 bits per heavy atom. The highest BCUT2D eigenvalue weighted by atomic mass is 16.3. The molecule has 0 bridgehead atoms. The molecule has 1 heterocycles. The van der Waals surface area contributed by atoms with Gasteiger partial charge in [0, 0.05) is 23.2 Å². The van der Waals surface area contributed by atoms with Crippen molar-refractivity contribution in [2.45, 2.75) is 13.0 Å². The predicted octanol–water partition coefficient (Wildman–Crippen LogP) is 1.51. The highest BCUT2D eigenvalue weighted by Crippen LogP contribution is 2.21. The number of hydrogen-bond donors (Lipinski definition) is 3. The third kappa shape index (κ3) is 1.67. The molecule has 2 aromatic rings. The molecule has 1 aromatic carbocycles. The molecule has 0 aliphatic carbocycles. The van der Waals surface area contributed by atoms with E-state index in [1.165, 1.54) is 0 Å². The zero-order valence-electron chi connectivity index (χ0n) is 9.24. The van der Waals surface area contributed by atoms with Crippen LogP contribution < -0.4 is 10.7 Å². The van der Waals surface area contributed by atoms with Crippen LogP contribution in [0.25, 0.3) is 10.9 Å². The number of hydrogen-bond acceptors (Lipinski definition) is 3. The van der Waals surface area contributed by atoms with Crippen molar-refractivity contribution in [2.24, 2.45) is 0 Å². The molecule has 1 aromatic heterocycles. The van der Waals surface area contributed by atoms with Gasteiger partial charge in [0.2, 0.25) is 0 Å². The number of aromatic nitrogens is 1. The molecule has 0 spiro atoms. The van der Waals surface area contributed by atoms with E-state index in [9.17, 15) is 9.90 Å². The first-order valence-corrected chi connectivity index (χ1v) is 5.15. The lowest BCUT2D eigenvalue weighted by molar-refractivity contribution is 0.480. The molecule has 84 valence electrons. The SMILES string of the molecule is CN[C@H](C)c1cc(=O)c2cccc(O)c2[nH]1. The fourth-order valence-electron chi connectivity index (χ4n) is 1.66. The second-order valence-corrected chi connectivity index (χ2v) is 3.80. The van der Waals surface area contributed by atoms with E-state index in [0.717, 1.165) is 5.69 Å². The molecule has 0 radical (unpaired) electrons. The molecule has 4 nitrogen and oxygen atoms in total. The Hall–Kier alpha value is -1.81. The Morgan fingerprint density at radius 1 is 1.44 bits per heavy atom. The van der Waals surface area contributed by atoms with Gasteiger partial charge in [0.1, 0.15) is 5.75 Å². The quantitative estimate of drug-likeness (QED) is 0.716. The van der Waals surface area contributed by atoms with E-state index in [-0.39, 0.29) is 17.2 Å². The minimum atomic E-state index is -0.0817. The number of phenols is 1. The standard InChI is InChI=1S/C12H14N2O2/c1-7(13-2)9-6-11(16)8-4-3-5-10(15)12(8)14-9/h3-7,13,15H,1-2H3,(H,14,16)/t7-/m1/s1. The van der Waals surface area contributed by atoms with Crippen LogP contribution in [-0.4, -0.2) is 17.1 Å². The summed E-state index contributed by atoms with van der Waals surface area (Å²) in [7, 11) is 1.82. The Morgan fingerprint density at radius 2 is 2.19 bits per heavy atom. The Labute approximate surface area is 92.9 Å². The first-order chi connectivity index (χ1) is 7.63. The molecule has 3 N–H and O–H groups in total. The van der Waals surface area contributed by atoms with E-state index in [2.05, 4.69) is 10.3 Å². The number of aromatic hydroxyl groups is 1. The van der Waals surface area contributed by atoms with Gasteiger partial charge in [-0.2, -0.15) is 0 Å². The van der Waals surface area contributed by atoms with Crippen LogP contribution in [0.4, 0.5) is 0 Å². The zero-order valence-corrected chi connectivity index (χ0v) is 9.24. The van der Waals surface area contributed by atoms with Crippen molar-refractivity contribution in [1.29, 1.82) is 0 Å². The smallest absolute Gasteiger partial charge is 0.189 e. The minimum absolute atomic E-state index is 0.0386. The highest BCUT2D eigenvalue weighted by Gasteiger charge is 2.08. The number of para-hydroxylation sites is 1. The molecule has 4 heteroatoms. The first-order valence-electron chi connectivity index (χ1n) is 5.15. The van der Waals surface area contributed by atoms with E-state index in [1.807, 2.05) is 14.0 Å². The molecule has 2 rings (SSSR count). The lowest BCUT2D eigenvalue weighted by atomic mass is 10.1. The average Bonchev–Trinajstić information content (AvgIpc) is 2.29. The van der Waals surface area contributed by atoms with E-state index >= 15 is 0 Å². The number of rotatable bonds is 2. The van der Waals surface area contributed by atoms with Crippen molar-refractivity contribution < 1.29 is 5.11 Å². The van der Waals surface area contributed by atoms with Gasteiger partial charge >= 0.3 is 0 Å². The van der Waals surface area contributed by atoms with Gasteiger partial charge in [0.25, 0.3) is 0 Å². The molecule has 0 aliphatic rings. The van der Waals surface area contributed by atoms with Crippen LogP contribution in [0.15, 0.2) is 29.1 Å². The summed E-state index contributed by atoms with van der Waals surface area (Å²) in [6.45, 7) is 1.94. The molecule has 0 aliphatic heterocycles. The summed E-state index contributed by atoms with van der Waals surface area (Å²) < 4.78 is 0. The van der Waals surface area contributed by atoms with Crippen LogP contribution in [0.1, 0.15) is 18.7 Å². The summed E-state index contributed by atoms with van der Waals surface area (Å²) in [5.41, 5.74) is 1.18. The summed E-state index contributed by atoms with van der Waals surface area (Å²) in [6, 6.07) is 6.52. The molecule has 0 amide bonds. The van der Waals surface area contributed by atoms with Crippen LogP contribution in [-0.2, 0) is 0 Å². The monoisotopic (exact) mass is 218 g/mol. The summed E-state index contributed by atoms with van der Waals surface area (Å²) in [5, 5.41) is 13.2. The number of benzene rings is 1. The number of pyridine rings is 1. The molecule has 0 saturated carbocycles. The van der Waals surface area contributed by atoms with Gasteiger partial charge in [-0.1, -0.05) is 6.07 Å². The normalized spacial score (nSPS) is 12.9. The van der Waals surface area contributed by atoms with Crippen LogP contribution in [0.2, 0.25) is 0 Å². The molecule has 1 atom stereocenters. The summed E-state index contributed by atoms with van der Waals surface area (Å²) in [4.78, 5) is 14.9. The van der Waals surface area contributed by atoms with Crippen molar-refractivity contribution in [3.63, 3.8) is 0 Å². The van der Waals surface area contributed by atoms with Gasteiger partial charge in [-0.25, -0.2) is 0 Å². The Kier molecular flexibility index (Phi) is 2.66. The second kappa shape index (κ2) is 3.98. The second-order valence-electron chi connectivity index (χ2n) is 3.80. The molecular formula is C12H14N2O2. The van der Waals surface area contributed by atoms with Crippen LogP contribution >= 0.6 is 0 Å². The largest absolute Gasteiger partial charge is 0.506 e. The third-order valence-corrected chi connectivity index (χ3v) is 2.76. The van der Waals surface area contributed by atoms with E-state index in [1.54, 1.807) is 24.3 Å². The maximum absolute atomic E-state index is 11.8. The van der Waals surface area contributed by atoms with Gasteiger partial charge in [0.05, 0.1) is 5.52 Å². The van der Waals surface area contributed by atoms with Crippen molar-refractivity contribution in [2.75, 3.05) is 7.05 Å². The van der Waals surface area contributed by atoms with Gasteiger partial charge < -0.3 is 15.4 Å². The lowest BCUT2D eigenvalue weighted by Gasteiger charge is -2.11. The molecule has 0 fully saturated rings. The van der Waals surface area contributed by atoms with Crippen molar-refractivity contribution in [3.05, 3.63) is 40.2 Å². The Bertz CT molecular complexity index is 575. The highest BCUT2D eigenvalue weighted by molar-refractivity contribution is 5.84. The van der Waals surface area contributed by atoms with Gasteiger partial charge in [0.15, 0.2) is 5.43 Å².